The second kappa shape index (κ2) is 15.0. The fourth-order valence-corrected chi connectivity index (χ4v) is 2.47. The number of aliphatic carboxylic acids is 2. The summed E-state index contributed by atoms with van der Waals surface area (Å²) in [5.41, 5.74) is 20.8. The largest absolute Gasteiger partial charge is 0.481 e. The smallest absolute Gasteiger partial charge is 0.326 e. The Bertz CT molecular complexity index is 800. The number of hydrogen-bond donors (Lipinski definition) is 10. The van der Waals surface area contributed by atoms with Crippen LogP contribution in [-0.4, -0.2) is 94.2 Å². The molecule has 34 heavy (non-hydrogen) atoms. The third-order valence-corrected chi connectivity index (χ3v) is 4.15. The van der Waals surface area contributed by atoms with E-state index in [-0.39, 0.29) is 25.3 Å². The summed E-state index contributed by atoms with van der Waals surface area (Å²) in [6.07, 6.45) is -1.45. The summed E-state index contributed by atoms with van der Waals surface area (Å²) in [5.74, 6) is -7.28. The van der Waals surface area contributed by atoms with Crippen molar-refractivity contribution in [2.45, 2.75) is 49.9 Å². The Morgan fingerprint density at radius 3 is 1.79 bits per heavy atom. The van der Waals surface area contributed by atoms with Crippen LogP contribution in [0.3, 0.4) is 0 Å². The number of amides is 4. The van der Waals surface area contributed by atoms with Gasteiger partial charge in [-0.05, 0) is 12.8 Å². The third-order valence-electron chi connectivity index (χ3n) is 4.15. The van der Waals surface area contributed by atoms with Crippen molar-refractivity contribution in [1.82, 2.24) is 16.0 Å². The SMILES string of the molecule is NC(=O)CC(N)C(=O)NC(CO)C(=O)NC(CCCN=C(N)N)C(=O)NC(CC(=O)O)C(=O)O. The molecule has 17 nitrogen and oxygen atoms in total. The van der Waals surface area contributed by atoms with E-state index in [0.717, 1.165) is 0 Å². The number of rotatable bonds is 16. The molecule has 0 heterocycles. The zero-order valence-corrected chi connectivity index (χ0v) is 18.1. The van der Waals surface area contributed by atoms with Crippen molar-refractivity contribution < 1.29 is 44.1 Å². The van der Waals surface area contributed by atoms with Gasteiger partial charge in [0.2, 0.25) is 23.6 Å². The fraction of sp³-hybridized carbons (Fsp3) is 0.588. The van der Waals surface area contributed by atoms with Gasteiger partial charge in [-0.25, -0.2) is 4.79 Å². The number of nitrogens with zero attached hydrogens (tertiary/aromatic N) is 1. The molecule has 0 saturated carbocycles. The highest BCUT2D eigenvalue weighted by Crippen LogP contribution is 2.03. The van der Waals surface area contributed by atoms with Crippen molar-refractivity contribution in [3.63, 3.8) is 0 Å². The van der Waals surface area contributed by atoms with Gasteiger partial charge in [0.05, 0.1) is 25.5 Å². The number of aliphatic imine (C=N–C) groups is 1. The van der Waals surface area contributed by atoms with E-state index >= 15 is 0 Å². The van der Waals surface area contributed by atoms with E-state index in [4.69, 9.17) is 33.1 Å². The van der Waals surface area contributed by atoms with Crippen LogP contribution < -0.4 is 38.9 Å². The Kier molecular flexibility index (Phi) is 13.2. The van der Waals surface area contributed by atoms with Crippen molar-refractivity contribution in [2.24, 2.45) is 27.9 Å². The lowest BCUT2D eigenvalue weighted by molar-refractivity contribution is -0.147. The number of carbonyl (C=O) groups excluding carboxylic acids is 4. The van der Waals surface area contributed by atoms with Gasteiger partial charge in [0.1, 0.15) is 18.1 Å². The molecular weight excluding hydrogens is 460 g/mol. The number of primary amides is 1. The van der Waals surface area contributed by atoms with E-state index in [1.165, 1.54) is 0 Å². The van der Waals surface area contributed by atoms with Gasteiger partial charge < -0.3 is 54.2 Å². The zero-order valence-electron chi connectivity index (χ0n) is 18.1. The molecular formula is C17H30N8O9. The molecule has 0 fully saturated rings. The monoisotopic (exact) mass is 490 g/mol. The lowest BCUT2D eigenvalue weighted by Gasteiger charge is -2.24. The zero-order chi connectivity index (χ0) is 26.4. The molecule has 4 amide bonds. The van der Waals surface area contributed by atoms with Gasteiger partial charge in [-0.3, -0.25) is 29.0 Å². The molecule has 0 bridgehead atoms. The molecule has 0 aromatic rings. The van der Waals surface area contributed by atoms with Crippen LogP contribution in [0.5, 0.6) is 0 Å². The molecule has 0 aliphatic heterocycles. The molecule has 0 aromatic heterocycles. The summed E-state index contributed by atoms with van der Waals surface area (Å²) in [5, 5.41) is 33.7. The van der Waals surface area contributed by atoms with E-state index in [0.29, 0.717) is 0 Å². The van der Waals surface area contributed by atoms with E-state index < -0.39 is 79.2 Å². The summed E-state index contributed by atoms with van der Waals surface area (Å²) in [4.78, 5) is 73.8. The second-order valence-corrected chi connectivity index (χ2v) is 7.03. The number of aliphatic hydroxyl groups excluding tert-OH is 1. The maximum atomic E-state index is 12.6. The van der Waals surface area contributed by atoms with Gasteiger partial charge in [-0.15, -0.1) is 0 Å². The maximum Gasteiger partial charge on any atom is 0.326 e. The Balaban J connectivity index is 5.43. The number of carboxylic acid groups (broad SMARTS) is 2. The van der Waals surface area contributed by atoms with E-state index in [2.05, 4.69) is 15.6 Å². The number of carbonyl (C=O) groups is 6. The topological polar surface area (TPSA) is 316 Å². The highest BCUT2D eigenvalue weighted by atomic mass is 16.4. The van der Waals surface area contributed by atoms with Crippen LogP contribution in [0.25, 0.3) is 0 Å². The quantitative estimate of drug-likeness (QED) is 0.0549. The average molecular weight is 490 g/mol. The maximum absolute atomic E-state index is 12.6. The van der Waals surface area contributed by atoms with E-state index in [9.17, 15) is 33.9 Å². The summed E-state index contributed by atoms with van der Waals surface area (Å²) in [7, 11) is 0. The first-order valence-electron chi connectivity index (χ1n) is 9.84. The van der Waals surface area contributed by atoms with Crippen LogP contribution in [0, 0.1) is 0 Å². The third kappa shape index (κ3) is 12.2. The number of aliphatic hydroxyl groups is 1. The van der Waals surface area contributed by atoms with Crippen molar-refractivity contribution in [3.05, 3.63) is 0 Å². The van der Waals surface area contributed by atoms with Crippen LogP contribution in [0.4, 0.5) is 0 Å². The summed E-state index contributed by atoms with van der Waals surface area (Å²) < 4.78 is 0. The molecule has 0 aliphatic rings. The van der Waals surface area contributed by atoms with Crippen LogP contribution in [-0.2, 0) is 28.8 Å². The van der Waals surface area contributed by atoms with Crippen LogP contribution >= 0.6 is 0 Å². The molecule has 0 aromatic carbocycles. The highest BCUT2D eigenvalue weighted by molar-refractivity contribution is 5.95. The van der Waals surface area contributed by atoms with Gasteiger partial charge in [0.15, 0.2) is 5.96 Å². The first-order valence-corrected chi connectivity index (χ1v) is 9.84. The Hall–Kier alpha value is -3.99. The second-order valence-electron chi connectivity index (χ2n) is 7.03. The van der Waals surface area contributed by atoms with Gasteiger partial charge in [0.25, 0.3) is 0 Å². The molecule has 0 spiro atoms. The minimum absolute atomic E-state index is 0.0433. The molecule has 14 N–H and O–H groups in total. The normalized spacial score (nSPS) is 13.9. The first-order chi connectivity index (χ1) is 15.8. The van der Waals surface area contributed by atoms with E-state index in [1.54, 1.807) is 0 Å². The van der Waals surface area contributed by atoms with Crippen LogP contribution in [0.2, 0.25) is 0 Å². The number of carboxylic acids is 2. The number of nitrogens with two attached hydrogens (primary N) is 4. The Labute approximate surface area is 193 Å². The summed E-state index contributed by atoms with van der Waals surface area (Å²) in [6, 6.07) is -6.19. The average Bonchev–Trinajstić information content (AvgIpc) is 2.71. The number of hydrogen-bond acceptors (Lipinski definition) is 9. The van der Waals surface area contributed by atoms with E-state index in [1.807, 2.05) is 5.32 Å². The predicted molar refractivity (Wildman–Crippen MR) is 114 cm³/mol. The summed E-state index contributed by atoms with van der Waals surface area (Å²) in [6.45, 7) is -0.873. The van der Waals surface area contributed by atoms with Gasteiger partial charge >= 0.3 is 11.9 Å². The predicted octanol–water partition coefficient (Wildman–Crippen LogP) is -5.75. The van der Waals surface area contributed by atoms with Crippen molar-refractivity contribution >= 4 is 41.5 Å². The molecule has 17 heteroatoms. The standard InChI is InChI=1S/C17H30N8O9/c18-7(4-11(19)27)13(30)25-10(6-26)15(32)23-8(2-1-3-22-17(20)21)14(31)24-9(16(33)34)5-12(28)29/h7-10,26H,1-6,18H2,(H2,19,27)(H,23,32)(H,24,31)(H,25,30)(H,28,29)(H,33,34)(H4,20,21,22). The van der Waals surface area contributed by atoms with Crippen molar-refractivity contribution in [2.75, 3.05) is 13.2 Å². The first kappa shape index (κ1) is 30.0. The molecule has 192 valence electrons. The van der Waals surface area contributed by atoms with Gasteiger partial charge in [-0.1, -0.05) is 0 Å². The van der Waals surface area contributed by atoms with Gasteiger partial charge in [-0.2, -0.15) is 0 Å². The Morgan fingerprint density at radius 1 is 0.794 bits per heavy atom. The lowest BCUT2D eigenvalue weighted by Crippen LogP contribution is -2.58. The highest BCUT2D eigenvalue weighted by Gasteiger charge is 2.31. The lowest BCUT2D eigenvalue weighted by atomic mass is 10.1. The number of guanidine groups is 1. The minimum Gasteiger partial charge on any atom is -0.481 e. The Morgan fingerprint density at radius 2 is 1.32 bits per heavy atom. The molecule has 0 aliphatic carbocycles. The van der Waals surface area contributed by atoms with Crippen molar-refractivity contribution in [3.8, 4) is 0 Å². The molecule has 0 radical (unpaired) electrons. The minimum atomic E-state index is -1.79. The van der Waals surface area contributed by atoms with Crippen LogP contribution in [0.1, 0.15) is 25.7 Å². The van der Waals surface area contributed by atoms with Gasteiger partial charge in [0, 0.05) is 6.54 Å². The van der Waals surface area contributed by atoms with Crippen molar-refractivity contribution in [1.29, 1.82) is 0 Å². The fourth-order valence-electron chi connectivity index (χ4n) is 2.47. The summed E-state index contributed by atoms with van der Waals surface area (Å²) >= 11 is 0. The molecule has 4 unspecified atom stereocenters. The molecule has 0 rings (SSSR count). The molecule has 4 atom stereocenters. The molecule has 0 saturated heterocycles. The number of nitrogens with one attached hydrogen (secondary N) is 3. The van der Waals surface area contributed by atoms with Crippen LogP contribution in [0.15, 0.2) is 4.99 Å².